The Morgan fingerprint density at radius 2 is 1.94 bits per heavy atom. The number of carboxylic acids is 1. The van der Waals surface area contributed by atoms with Gasteiger partial charge in [0.15, 0.2) is 6.04 Å². The molecule has 0 heterocycles. The molecular weight excluding hydrogens is 224 g/mol. The Morgan fingerprint density at radius 3 is 2.47 bits per heavy atom. The second-order valence-electron chi connectivity index (χ2n) is 4.41. The van der Waals surface area contributed by atoms with E-state index in [0.717, 1.165) is 6.42 Å². The summed E-state index contributed by atoms with van der Waals surface area (Å²) in [6.07, 6.45) is 5.91. The number of carbonyl (C=O) groups excluding carboxylic acids is 1. The first-order chi connectivity index (χ1) is 8.13. The average molecular weight is 244 g/mol. The van der Waals surface area contributed by atoms with Crippen LogP contribution in [0.15, 0.2) is 0 Å². The predicted molar refractivity (Wildman–Crippen MR) is 61.6 cm³/mol. The van der Waals surface area contributed by atoms with Gasteiger partial charge in [0.1, 0.15) is 0 Å². The number of carbonyl (C=O) groups is 2. The summed E-state index contributed by atoms with van der Waals surface area (Å²) in [5.74, 6) is -0.554. The van der Waals surface area contributed by atoms with Crippen molar-refractivity contribution in [3.63, 3.8) is 0 Å². The SMILES string of the molecule is O=C(NCCC1CCCC1)N[C@H](CO)C(=O)O. The lowest BCUT2D eigenvalue weighted by Crippen LogP contribution is -2.48. The van der Waals surface area contributed by atoms with E-state index in [1.807, 2.05) is 0 Å². The molecule has 0 bridgehead atoms. The predicted octanol–water partition coefficient (Wildman–Crippen LogP) is 0.311. The van der Waals surface area contributed by atoms with Gasteiger partial charge in [-0.15, -0.1) is 0 Å². The molecule has 0 radical (unpaired) electrons. The molecule has 2 amide bonds. The maximum atomic E-state index is 11.3. The van der Waals surface area contributed by atoms with Crippen molar-refractivity contribution >= 4 is 12.0 Å². The lowest BCUT2D eigenvalue weighted by atomic mass is 10.0. The van der Waals surface area contributed by atoms with Crippen LogP contribution >= 0.6 is 0 Å². The van der Waals surface area contributed by atoms with Gasteiger partial charge in [0.05, 0.1) is 6.61 Å². The molecule has 1 saturated carbocycles. The van der Waals surface area contributed by atoms with E-state index in [1.54, 1.807) is 0 Å². The zero-order chi connectivity index (χ0) is 12.7. The van der Waals surface area contributed by atoms with E-state index in [0.29, 0.717) is 12.5 Å². The fourth-order valence-electron chi connectivity index (χ4n) is 2.08. The molecule has 0 aromatic carbocycles. The highest BCUT2D eigenvalue weighted by atomic mass is 16.4. The van der Waals surface area contributed by atoms with Gasteiger partial charge in [0.2, 0.25) is 0 Å². The first-order valence-corrected chi connectivity index (χ1v) is 6.01. The largest absolute Gasteiger partial charge is 0.480 e. The molecule has 0 unspecified atom stereocenters. The molecule has 4 N–H and O–H groups in total. The number of urea groups is 1. The van der Waals surface area contributed by atoms with E-state index in [2.05, 4.69) is 10.6 Å². The number of amides is 2. The summed E-state index contributed by atoms with van der Waals surface area (Å²) in [7, 11) is 0. The normalized spacial score (nSPS) is 17.7. The first kappa shape index (κ1) is 13.8. The van der Waals surface area contributed by atoms with Gasteiger partial charge >= 0.3 is 12.0 Å². The number of carboxylic acid groups (broad SMARTS) is 1. The fourth-order valence-corrected chi connectivity index (χ4v) is 2.08. The summed E-state index contributed by atoms with van der Waals surface area (Å²) in [5.41, 5.74) is 0. The van der Waals surface area contributed by atoms with E-state index in [4.69, 9.17) is 10.2 Å². The molecule has 1 fully saturated rings. The summed E-state index contributed by atoms with van der Waals surface area (Å²) in [6, 6.07) is -1.77. The lowest BCUT2D eigenvalue weighted by molar-refractivity contribution is -0.140. The van der Waals surface area contributed by atoms with Crippen LogP contribution in [0.3, 0.4) is 0 Å². The van der Waals surface area contributed by atoms with Crippen LogP contribution in [-0.4, -0.2) is 41.4 Å². The number of aliphatic hydroxyl groups is 1. The number of rotatable bonds is 6. The molecule has 0 spiro atoms. The highest BCUT2D eigenvalue weighted by Gasteiger charge is 2.19. The lowest BCUT2D eigenvalue weighted by Gasteiger charge is -2.14. The zero-order valence-electron chi connectivity index (χ0n) is 9.82. The van der Waals surface area contributed by atoms with Gasteiger partial charge in [-0.3, -0.25) is 0 Å². The minimum Gasteiger partial charge on any atom is -0.480 e. The summed E-state index contributed by atoms with van der Waals surface area (Å²) in [4.78, 5) is 21.8. The molecular formula is C11H20N2O4. The van der Waals surface area contributed by atoms with Gasteiger partial charge in [-0.1, -0.05) is 25.7 Å². The third-order valence-corrected chi connectivity index (χ3v) is 3.10. The molecule has 1 aliphatic carbocycles. The Bertz CT molecular complexity index is 264. The highest BCUT2D eigenvalue weighted by molar-refractivity contribution is 5.82. The Hall–Kier alpha value is -1.30. The van der Waals surface area contributed by atoms with E-state index in [-0.39, 0.29) is 0 Å². The van der Waals surface area contributed by atoms with Crippen molar-refractivity contribution in [1.82, 2.24) is 10.6 Å². The molecule has 1 atom stereocenters. The molecule has 0 aromatic rings. The van der Waals surface area contributed by atoms with Gasteiger partial charge in [0.25, 0.3) is 0 Å². The minimum absolute atomic E-state index is 0.538. The number of hydrogen-bond acceptors (Lipinski definition) is 3. The Balaban J connectivity index is 2.13. The van der Waals surface area contributed by atoms with Crippen molar-refractivity contribution in [2.45, 2.75) is 38.1 Å². The van der Waals surface area contributed by atoms with E-state index >= 15 is 0 Å². The van der Waals surface area contributed by atoms with E-state index in [9.17, 15) is 9.59 Å². The van der Waals surface area contributed by atoms with E-state index < -0.39 is 24.6 Å². The van der Waals surface area contributed by atoms with Gasteiger partial charge in [-0.05, 0) is 12.3 Å². The van der Waals surface area contributed by atoms with Crippen LogP contribution in [0.4, 0.5) is 4.79 Å². The molecule has 0 aromatic heterocycles. The van der Waals surface area contributed by atoms with E-state index in [1.165, 1.54) is 25.7 Å². The Labute approximate surface area is 100 Å². The van der Waals surface area contributed by atoms with Crippen LogP contribution in [0.5, 0.6) is 0 Å². The van der Waals surface area contributed by atoms with Crippen molar-refractivity contribution in [2.75, 3.05) is 13.2 Å². The van der Waals surface area contributed by atoms with Gasteiger partial charge in [-0.25, -0.2) is 9.59 Å². The fraction of sp³-hybridized carbons (Fsp3) is 0.818. The summed E-state index contributed by atoms with van der Waals surface area (Å²) >= 11 is 0. The summed E-state index contributed by atoms with van der Waals surface area (Å²) in [5, 5.41) is 22.1. The second-order valence-corrected chi connectivity index (χ2v) is 4.41. The molecule has 6 heteroatoms. The quantitative estimate of drug-likeness (QED) is 0.540. The number of aliphatic carboxylic acids is 1. The third kappa shape index (κ3) is 5.04. The second kappa shape index (κ2) is 7.11. The third-order valence-electron chi connectivity index (χ3n) is 3.10. The van der Waals surface area contributed by atoms with Gasteiger partial charge in [-0.2, -0.15) is 0 Å². The molecule has 17 heavy (non-hydrogen) atoms. The Kier molecular flexibility index (Phi) is 5.76. The smallest absolute Gasteiger partial charge is 0.328 e. The number of aliphatic hydroxyl groups excluding tert-OH is 1. The summed E-state index contributed by atoms with van der Waals surface area (Å²) in [6.45, 7) is -0.0559. The summed E-state index contributed by atoms with van der Waals surface area (Å²) < 4.78 is 0. The molecule has 98 valence electrons. The van der Waals surface area contributed by atoms with Crippen LogP contribution in [-0.2, 0) is 4.79 Å². The topological polar surface area (TPSA) is 98.7 Å². The highest BCUT2D eigenvalue weighted by Crippen LogP contribution is 2.26. The molecule has 6 nitrogen and oxygen atoms in total. The first-order valence-electron chi connectivity index (χ1n) is 6.01. The van der Waals surface area contributed by atoms with Gasteiger partial charge < -0.3 is 20.8 Å². The van der Waals surface area contributed by atoms with Crippen molar-refractivity contribution < 1.29 is 19.8 Å². The molecule has 0 aliphatic heterocycles. The molecule has 0 saturated heterocycles. The van der Waals surface area contributed by atoms with Crippen molar-refractivity contribution in [1.29, 1.82) is 0 Å². The Morgan fingerprint density at radius 1 is 1.29 bits per heavy atom. The minimum atomic E-state index is -1.24. The van der Waals surface area contributed by atoms with Crippen LogP contribution < -0.4 is 10.6 Å². The standard InChI is InChI=1S/C11H20N2O4/c14-7-9(10(15)16)13-11(17)12-6-5-8-3-1-2-4-8/h8-9,14H,1-7H2,(H,15,16)(H2,12,13,17)/t9-/m1/s1. The molecule has 1 rings (SSSR count). The maximum Gasteiger partial charge on any atom is 0.328 e. The monoisotopic (exact) mass is 244 g/mol. The van der Waals surface area contributed by atoms with Crippen LogP contribution in [0.25, 0.3) is 0 Å². The average Bonchev–Trinajstić information content (AvgIpc) is 2.78. The van der Waals surface area contributed by atoms with Crippen LogP contribution in [0.1, 0.15) is 32.1 Å². The zero-order valence-corrected chi connectivity index (χ0v) is 9.82. The van der Waals surface area contributed by atoms with Crippen LogP contribution in [0.2, 0.25) is 0 Å². The van der Waals surface area contributed by atoms with Gasteiger partial charge in [0, 0.05) is 6.54 Å². The van der Waals surface area contributed by atoms with Crippen molar-refractivity contribution in [3.05, 3.63) is 0 Å². The number of nitrogens with one attached hydrogen (secondary N) is 2. The van der Waals surface area contributed by atoms with Crippen molar-refractivity contribution in [2.24, 2.45) is 5.92 Å². The number of hydrogen-bond donors (Lipinski definition) is 4. The molecule has 1 aliphatic rings. The van der Waals surface area contributed by atoms with Crippen molar-refractivity contribution in [3.8, 4) is 0 Å². The van der Waals surface area contributed by atoms with Crippen LogP contribution in [0, 0.1) is 5.92 Å². The maximum absolute atomic E-state index is 11.3.